The maximum Gasteiger partial charge on any atom is 0.336 e. The third kappa shape index (κ3) is 2.75. The molecule has 0 bridgehead atoms. The van der Waals surface area contributed by atoms with Crippen molar-refractivity contribution in [2.45, 2.75) is 71.7 Å². The van der Waals surface area contributed by atoms with Crippen LogP contribution in [0.2, 0.25) is 0 Å². The van der Waals surface area contributed by atoms with Crippen LogP contribution in [0.4, 0.5) is 0 Å². The van der Waals surface area contributed by atoms with E-state index >= 15 is 0 Å². The molecule has 2 aromatic rings. The Labute approximate surface area is 165 Å². The van der Waals surface area contributed by atoms with Crippen molar-refractivity contribution in [3.05, 3.63) is 39.3 Å². The summed E-state index contributed by atoms with van der Waals surface area (Å²) >= 11 is 0. The molecule has 2 aliphatic heterocycles. The number of rotatable bonds is 2. The SMILES string of the molecule is CCCc1cc(=O)oc2c3c(c4c(c12)OC(C)(C)C=C4)OC(C)(C)[C@H](C)[C@@H]3O. The van der Waals surface area contributed by atoms with E-state index in [0.717, 1.165) is 29.4 Å². The minimum atomic E-state index is -0.810. The van der Waals surface area contributed by atoms with E-state index in [0.29, 0.717) is 22.6 Å². The number of fused-ring (bicyclic) bond motifs is 6. The average Bonchev–Trinajstić information content (AvgIpc) is 2.58. The lowest BCUT2D eigenvalue weighted by Crippen LogP contribution is -2.43. The van der Waals surface area contributed by atoms with Crippen molar-refractivity contribution < 1.29 is 19.0 Å². The highest BCUT2D eigenvalue weighted by Gasteiger charge is 2.45. The molecule has 0 unspecified atom stereocenters. The third-order valence-electron chi connectivity index (χ3n) is 6.02. The predicted octanol–water partition coefficient (Wildman–Crippen LogP) is 4.77. The lowest BCUT2D eigenvalue weighted by molar-refractivity contribution is -0.0448. The molecule has 1 aromatic carbocycles. The number of ether oxygens (including phenoxy) is 2. The Hall–Kier alpha value is -2.27. The number of benzene rings is 1. The van der Waals surface area contributed by atoms with Gasteiger partial charge in [-0.2, -0.15) is 0 Å². The molecule has 0 saturated carbocycles. The van der Waals surface area contributed by atoms with E-state index in [2.05, 4.69) is 6.92 Å². The standard InChI is InChI=1S/C23H28O5/c1-7-8-13-11-15(24)26-21-16(13)19-14(9-10-22(3,4)27-19)20-17(21)18(25)12(2)23(5,6)28-20/h9-12,18,25H,7-8H2,1-6H3/t12-,18+/m1/s1. The Morgan fingerprint density at radius 2 is 1.86 bits per heavy atom. The van der Waals surface area contributed by atoms with Gasteiger partial charge in [-0.25, -0.2) is 4.79 Å². The summed E-state index contributed by atoms with van der Waals surface area (Å²) in [5.74, 6) is 1.03. The summed E-state index contributed by atoms with van der Waals surface area (Å²) in [5.41, 5.74) is 1.11. The van der Waals surface area contributed by atoms with Gasteiger partial charge >= 0.3 is 5.63 Å². The molecule has 5 nitrogen and oxygen atoms in total. The summed E-state index contributed by atoms with van der Waals surface area (Å²) in [5, 5.41) is 11.9. The summed E-state index contributed by atoms with van der Waals surface area (Å²) in [6, 6.07) is 1.54. The molecule has 0 saturated heterocycles. The summed E-state index contributed by atoms with van der Waals surface area (Å²) in [4.78, 5) is 12.3. The predicted molar refractivity (Wildman–Crippen MR) is 109 cm³/mol. The molecule has 4 rings (SSSR count). The number of aryl methyl sites for hydroxylation is 1. The minimum absolute atomic E-state index is 0.175. The quantitative estimate of drug-likeness (QED) is 0.756. The van der Waals surface area contributed by atoms with Crippen LogP contribution >= 0.6 is 0 Å². The van der Waals surface area contributed by atoms with Crippen LogP contribution in [0, 0.1) is 5.92 Å². The summed E-state index contributed by atoms with van der Waals surface area (Å²) in [6.45, 7) is 11.9. The maximum absolute atomic E-state index is 12.3. The number of hydrogen-bond donors (Lipinski definition) is 1. The van der Waals surface area contributed by atoms with E-state index in [-0.39, 0.29) is 5.92 Å². The number of hydrogen-bond acceptors (Lipinski definition) is 5. The molecule has 0 aliphatic carbocycles. The Kier molecular flexibility index (Phi) is 4.16. The van der Waals surface area contributed by atoms with Crippen molar-refractivity contribution in [3.8, 4) is 11.5 Å². The van der Waals surface area contributed by atoms with Gasteiger partial charge in [-0.1, -0.05) is 20.3 Å². The van der Waals surface area contributed by atoms with Gasteiger partial charge in [0.1, 0.15) is 22.7 Å². The Balaban J connectivity index is 2.18. The Morgan fingerprint density at radius 3 is 2.54 bits per heavy atom. The zero-order chi connectivity index (χ0) is 20.4. The smallest absolute Gasteiger partial charge is 0.336 e. The summed E-state index contributed by atoms with van der Waals surface area (Å²) < 4.78 is 18.4. The summed E-state index contributed by atoms with van der Waals surface area (Å²) in [7, 11) is 0. The zero-order valence-electron chi connectivity index (χ0n) is 17.4. The fourth-order valence-electron chi connectivity index (χ4n) is 4.14. The van der Waals surface area contributed by atoms with Crippen molar-refractivity contribution in [2.24, 2.45) is 5.92 Å². The molecular formula is C23H28O5. The lowest BCUT2D eigenvalue weighted by atomic mass is 9.79. The highest BCUT2D eigenvalue weighted by molar-refractivity contribution is 5.97. The van der Waals surface area contributed by atoms with Gasteiger partial charge in [-0.05, 0) is 51.8 Å². The van der Waals surface area contributed by atoms with Crippen molar-refractivity contribution >= 4 is 17.0 Å². The second-order valence-corrected chi connectivity index (χ2v) is 9.01. The van der Waals surface area contributed by atoms with E-state index in [1.165, 1.54) is 6.07 Å². The fourth-order valence-corrected chi connectivity index (χ4v) is 4.14. The Bertz CT molecular complexity index is 1040. The number of aliphatic hydroxyl groups is 1. The van der Waals surface area contributed by atoms with Gasteiger partial charge in [-0.15, -0.1) is 0 Å². The molecule has 150 valence electrons. The van der Waals surface area contributed by atoms with Crippen LogP contribution < -0.4 is 15.1 Å². The molecule has 1 aromatic heterocycles. The van der Waals surface area contributed by atoms with Crippen LogP contribution in [0.25, 0.3) is 17.0 Å². The van der Waals surface area contributed by atoms with Crippen molar-refractivity contribution in [3.63, 3.8) is 0 Å². The molecule has 2 atom stereocenters. The summed E-state index contributed by atoms with van der Waals surface area (Å²) in [6.07, 6.45) is 4.78. The van der Waals surface area contributed by atoms with Gasteiger partial charge < -0.3 is 19.0 Å². The van der Waals surface area contributed by atoms with Gasteiger partial charge in [0.25, 0.3) is 0 Å². The number of aliphatic hydroxyl groups excluding tert-OH is 1. The first kappa shape index (κ1) is 19.1. The van der Waals surface area contributed by atoms with Crippen molar-refractivity contribution in [1.82, 2.24) is 0 Å². The second-order valence-electron chi connectivity index (χ2n) is 9.01. The first-order valence-corrected chi connectivity index (χ1v) is 9.97. The first-order chi connectivity index (χ1) is 13.1. The van der Waals surface area contributed by atoms with E-state index in [4.69, 9.17) is 13.9 Å². The monoisotopic (exact) mass is 384 g/mol. The molecule has 3 heterocycles. The second kappa shape index (κ2) is 6.11. The molecular weight excluding hydrogens is 356 g/mol. The van der Waals surface area contributed by atoms with Gasteiger partial charge in [-0.3, -0.25) is 0 Å². The molecule has 0 amide bonds. The van der Waals surface area contributed by atoms with Crippen LogP contribution in [0.3, 0.4) is 0 Å². The van der Waals surface area contributed by atoms with E-state index in [1.54, 1.807) is 0 Å². The van der Waals surface area contributed by atoms with Gasteiger partial charge in [0.15, 0.2) is 5.58 Å². The topological polar surface area (TPSA) is 68.9 Å². The molecule has 28 heavy (non-hydrogen) atoms. The van der Waals surface area contributed by atoms with Gasteiger partial charge in [0.2, 0.25) is 0 Å². The molecule has 1 N–H and O–H groups in total. The van der Waals surface area contributed by atoms with Gasteiger partial charge in [0.05, 0.1) is 22.6 Å². The van der Waals surface area contributed by atoms with Gasteiger partial charge in [0, 0.05) is 12.0 Å². The lowest BCUT2D eigenvalue weighted by Gasteiger charge is -2.43. The van der Waals surface area contributed by atoms with Crippen molar-refractivity contribution in [2.75, 3.05) is 0 Å². The molecule has 2 aliphatic rings. The van der Waals surface area contributed by atoms with E-state index in [9.17, 15) is 9.90 Å². The Morgan fingerprint density at radius 1 is 1.14 bits per heavy atom. The van der Waals surface area contributed by atoms with Crippen LogP contribution in [0.1, 0.15) is 70.8 Å². The van der Waals surface area contributed by atoms with Crippen LogP contribution in [0.5, 0.6) is 11.5 Å². The minimum Gasteiger partial charge on any atom is -0.486 e. The fraction of sp³-hybridized carbons (Fsp3) is 0.522. The van der Waals surface area contributed by atoms with Crippen LogP contribution in [-0.2, 0) is 6.42 Å². The average molecular weight is 384 g/mol. The maximum atomic E-state index is 12.3. The molecule has 0 fully saturated rings. The van der Waals surface area contributed by atoms with Crippen LogP contribution in [-0.4, -0.2) is 16.3 Å². The molecule has 0 spiro atoms. The molecule has 5 heteroatoms. The molecule has 0 radical (unpaired) electrons. The van der Waals surface area contributed by atoms with E-state index in [1.807, 2.05) is 46.8 Å². The zero-order valence-corrected chi connectivity index (χ0v) is 17.4. The van der Waals surface area contributed by atoms with E-state index < -0.39 is 22.9 Å². The largest absolute Gasteiger partial charge is 0.486 e. The van der Waals surface area contributed by atoms with Crippen molar-refractivity contribution in [1.29, 1.82) is 0 Å². The first-order valence-electron chi connectivity index (χ1n) is 9.97. The third-order valence-corrected chi connectivity index (χ3v) is 6.02. The van der Waals surface area contributed by atoms with Crippen LogP contribution in [0.15, 0.2) is 21.4 Å². The highest BCUT2D eigenvalue weighted by Crippen LogP contribution is 2.54. The highest BCUT2D eigenvalue weighted by atomic mass is 16.5. The normalized spacial score (nSPS) is 24.2.